The summed E-state index contributed by atoms with van der Waals surface area (Å²) in [5, 5.41) is 4.67. The molecule has 0 aromatic rings. The van der Waals surface area contributed by atoms with E-state index < -0.39 is 5.60 Å². The second kappa shape index (κ2) is 7.91. The summed E-state index contributed by atoms with van der Waals surface area (Å²) in [6.07, 6.45) is 9.28. The van der Waals surface area contributed by atoms with Gasteiger partial charge in [-0.3, -0.25) is 0 Å². The predicted molar refractivity (Wildman–Crippen MR) is 93.5 cm³/mol. The highest BCUT2D eigenvalue weighted by molar-refractivity contribution is 7.99. The van der Waals surface area contributed by atoms with Crippen molar-refractivity contribution in [1.82, 2.24) is 10.2 Å². The maximum absolute atomic E-state index is 12.2. The maximum Gasteiger partial charge on any atom is 0.410 e. The molecule has 2 fully saturated rings. The lowest BCUT2D eigenvalue weighted by molar-refractivity contribution is 0.0256. The summed E-state index contributed by atoms with van der Waals surface area (Å²) >= 11 is 2.00. The van der Waals surface area contributed by atoms with Gasteiger partial charge >= 0.3 is 6.09 Å². The molecule has 3 atom stereocenters. The zero-order valence-electron chi connectivity index (χ0n) is 14.6. The summed E-state index contributed by atoms with van der Waals surface area (Å²) < 4.78 is 5.49. The molecular weight excluding hydrogens is 296 g/mol. The predicted octanol–water partition coefficient (Wildman–Crippen LogP) is 3.65. The van der Waals surface area contributed by atoms with Crippen LogP contribution in [0.2, 0.25) is 0 Å². The van der Waals surface area contributed by atoms with Crippen molar-refractivity contribution in [1.29, 1.82) is 0 Å². The molecule has 2 rings (SSSR count). The number of likely N-dealkylation sites (tertiary alicyclic amines) is 1. The summed E-state index contributed by atoms with van der Waals surface area (Å²) in [6.45, 7) is 7.41. The van der Waals surface area contributed by atoms with Crippen molar-refractivity contribution < 1.29 is 9.53 Å². The second-order valence-corrected chi connectivity index (χ2v) is 8.77. The van der Waals surface area contributed by atoms with Gasteiger partial charge in [0.05, 0.1) is 0 Å². The van der Waals surface area contributed by atoms with Crippen LogP contribution in [0.4, 0.5) is 4.79 Å². The fourth-order valence-electron chi connectivity index (χ4n) is 3.41. The van der Waals surface area contributed by atoms with E-state index in [4.69, 9.17) is 4.74 Å². The number of amides is 1. The van der Waals surface area contributed by atoms with Crippen LogP contribution in [-0.4, -0.2) is 53.3 Å². The molecule has 1 amide bonds. The number of nitrogens with zero attached hydrogens (tertiary/aromatic N) is 1. The Bertz CT molecular complexity index is 370. The van der Waals surface area contributed by atoms with E-state index in [0.717, 1.165) is 31.2 Å². The number of ether oxygens (including phenoxy) is 1. The van der Waals surface area contributed by atoms with Gasteiger partial charge in [0.1, 0.15) is 5.60 Å². The molecule has 0 radical (unpaired) electrons. The molecular formula is C17H32N2O2S. The van der Waals surface area contributed by atoms with E-state index in [1.165, 1.54) is 25.7 Å². The summed E-state index contributed by atoms with van der Waals surface area (Å²) in [5.41, 5.74) is -0.405. The van der Waals surface area contributed by atoms with Crippen molar-refractivity contribution in [2.45, 2.75) is 82.2 Å². The third-order valence-corrected chi connectivity index (χ3v) is 5.66. The number of nitrogens with one attached hydrogen (secondary N) is 1. The van der Waals surface area contributed by atoms with Crippen molar-refractivity contribution in [2.24, 2.45) is 0 Å². The Hall–Kier alpha value is -0.420. The van der Waals surface area contributed by atoms with E-state index in [9.17, 15) is 4.79 Å². The molecule has 0 spiro atoms. The van der Waals surface area contributed by atoms with Gasteiger partial charge in [-0.25, -0.2) is 4.79 Å². The summed E-state index contributed by atoms with van der Waals surface area (Å²) in [5.74, 6) is 0. The standard InChI is InChI=1S/C17H32N2O2S/c1-17(2,3)21-16(20)19-10-5-6-13(9-11-19)18-14-7-8-15(12-14)22-4/h13-15,18H,5-12H2,1-4H3. The number of rotatable bonds is 3. The van der Waals surface area contributed by atoms with E-state index in [1.807, 2.05) is 37.4 Å². The average molecular weight is 329 g/mol. The Morgan fingerprint density at radius 1 is 1.14 bits per heavy atom. The fraction of sp³-hybridized carbons (Fsp3) is 0.941. The van der Waals surface area contributed by atoms with Gasteiger partial charge in [0.25, 0.3) is 0 Å². The number of hydrogen-bond donors (Lipinski definition) is 1. The summed E-state index contributed by atoms with van der Waals surface area (Å²) in [7, 11) is 0. The van der Waals surface area contributed by atoms with E-state index in [0.29, 0.717) is 12.1 Å². The van der Waals surface area contributed by atoms with Crippen LogP contribution in [0.1, 0.15) is 59.3 Å². The fourth-order valence-corrected chi connectivity index (χ4v) is 4.21. The van der Waals surface area contributed by atoms with E-state index in [-0.39, 0.29) is 6.09 Å². The molecule has 0 bridgehead atoms. The quantitative estimate of drug-likeness (QED) is 0.858. The van der Waals surface area contributed by atoms with Gasteiger partial charge in [-0.05, 0) is 65.6 Å². The molecule has 2 aliphatic rings. The minimum atomic E-state index is -0.405. The molecule has 1 saturated carbocycles. The maximum atomic E-state index is 12.2. The number of thioether (sulfide) groups is 1. The van der Waals surface area contributed by atoms with Crippen LogP contribution >= 0.6 is 11.8 Å². The first-order valence-corrected chi connectivity index (χ1v) is 9.93. The largest absolute Gasteiger partial charge is 0.444 e. The Kier molecular flexibility index (Phi) is 6.45. The van der Waals surface area contributed by atoms with Crippen LogP contribution in [0.5, 0.6) is 0 Å². The normalized spacial score (nSPS) is 30.2. The van der Waals surface area contributed by atoms with Crippen LogP contribution in [0, 0.1) is 0 Å². The zero-order valence-corrected chi connectivity index (χ0v) is 15.4. The highest BCUT2D eigenvalue weighted by Crippen LogP contribution is 2.29. The molecule has 1 saturated heterocycles. The molecule has 1 aliphatic carbocycles. The molecule has 128 valence electrons. The van der Waals surface area contributed by atoms with Gasteiger partial charge < -0.3 is 15.0 Å². The Morgan fingerprint density at radius 3 is 2.55 bits per heavy atom. The van der Waals surface area contributed by atoms with E-state index >= 15 is 0 Å². The molecule has 1 heterocycles. The second-order valence-electron chi connectivity index (χ2n) is 7.63. The van der Waals surface area contributed by atoms with E-state index in [2.05, 4.69) is 11.6 Å². The number of carbonyl (C=O) groups excluding carboxylic acids is 1. The van der Waals surface area contributed by atoms with Crippen molar-refractivity contribution in [2.75, 3.05) is 19.3 Å². The van der Waals surface area contributed by atoms with Gasteiger partial charge in [0.2, 0.25) is 0 Å². The minimum absolute atomic E-state index is 0.156. The van der Waals surface area contributed by atoms with Crippen molar-refractivity contribution in [3.8, 4) is 0 Å². The first-order valence-electron chi connectivity index (χ1n) is 8.64. The molecule has 1 aliphatic heterocycles. The molecule has 3 unspecified atom stereocenters. The summed E-state index contributed by atoms with van der Waals surface area (Å²) in [6, 6.07) is 1.23. The lowest BCUT2D eigenvalue weighted by atomic mass is 10.1. The Balaban J connectivity index is 1.76. The average Bonchev–Trinajstić information content (AvgIpc) is 2.74. The van der Waals surface area contributed by atoms with Crippen molar-refractivity contribution >= 4 is 17.9 Å². The number of carbonyl (C=O) groups is 1. The van der Waals surface area contributed by atoms with Crippen LogP contribution in [0.15, 0.2) is 0 Å². The third kappa shape index (κ3) is 5.65. The highest BCUT2D eigenvalue weighted by atomic mass is 32.2. The monoisotopic (exact) mass is 328 g/mol. The van der Waals surface area contributed by atoms with Gasteiger partial charge in [0, 0.05) is 30.4 Å². The third-order valence-electron chi connectivity index (χ3n) is 4.57. The zero-order chi connectivity index (χ0) is 16.2. The van der Waals surface area contributed by atoms with Crippen LogP contribution < -0.4 is 5.32 Å². The molecule has 22 heavy (non-hydrogen) atoms. The molecule has 5 heteroatoms. The smallest absolute Gasteiger partial charge is 0.410 e. The Labute approximate surface area is 139 Å². The minimum Gasteiger partial charge on any atom is -0.444 e. The molecule has 1 N–H and O–H groups in total. The van der Waals surface area contributed by atoms with Crippen molar-refractivity contribution in [3.63, 3.8) is 0 Å². The van der Waals surface area contributed by atoms with Crippen LogP contribution in [0.3, 0.4) is 0 Å². The highest BCUT2D eigenvalue weighted by Gasteiger charge is 2.28. The number of hydrogen-bond acceptors (Lipinski definition) is 4. The summed E-state index contributed by atoms with van der Waals surface area (Å²) in [4.78, 5) is 14.1. The lowest BCUT2D eigenvalue weighted by Gasteiger charge is -2.26. The van der Waals surface area contributed by atoms with Crippen molar-refractivity contribution in [3.05, 3.63) is 0 Å². The molecule has 0 aromatic heterocycles. The van der Waals surface area contributed by atoms with E-state index in [1.54, 1.807) is 0 Å². The van der Waals surface area contributed by atoms with Gasteiger partial charge in [0.15, 0.2) is 0 Å². The molecule has 4 nitrogen and oxygen atoms in total. The first kappa shape index (κ1) is 17.9. The van der Waals surface area contributed by atoms with Gasteiger partial charge in [-0.1, -0.05) is 0 Å². The topological polar surface area (TPSA) is 41.6 Å². The molecule has 0 aromatic carbocycles. The van der Waals surface area contributed by atoms with Crippen LogP contribution in [-0.2, 0) is 4.74 Å². The lowest BCUT2D eigenvalue weighted by Crippen LogP contribution is -2.39. The van der Waals surface area contributed by atoms with Gasteiger partial charge in [-0.15, -0.1) is 0 Å². The Morgan fingerprint density at radius 2 is 1.91 bits per heavy atom. The van der Waals surface area contributed by atoms with Crippen LogP contribution in [0.25, 0.3) is 0 Å². The first-order chi connectivity index (χ1) is 10.4. The SMILES string of the molecule is CSC1CCC(NC2CCCN(C(=O)OC(C)(C)C)CC2)C1. The van der Waals surface area contributed by atoms with Gasteiger partial charge in [-0.2, -0.15) is 11.8 Å².